The van der Waals surface area contributed by atoms with Gasteiger partial charge in [-0.15, -0.1) is 0 Å². The second-order valence-electron chi connectivity index (χ2n) is 7.01. The highest BCUT2D eigenvalue weighted by atomic mass is 79.9. The number of aromatic nitrogens is 2. The summed E-state index contributed by atoms with van der Waals surface area (Å²) in [5, 5.41) is 9.08. The number of ether oxygens (including phenoxy) is 1. The predicted octanol–water partition coefficient (Wildman–Crippen LogP) is 5.01. The van der Waals surface area contributed by atoms with Crippen molar-refractivity contribution >= 4 is 21.6 Å². The Labute approximate surface area is 180 Å². The minimum absolute atomic E-state index is 0.673. The van der Waals surface area contributed by atoms with Crippen molar-refractivity contribution in [2.24, 2.45) is 7.05 Å². The molecular formula is C23H25BrN4O. The fourth-order valence-corrected chi connectivity index (χ4v) is 3.68. The zero-order valence-electron chi connectivity index (χ0n) is 17.0. The number of hydrogen-bond donors (Lipinski definition) is 0. The Morgan fingerprint density at radius 2 is 1.97 bits per heavy atom. The maximum Gasteiger partial charge on any atom is 0.133 e. The standard InChI is InChI=1S/C23H25BrN4O/c1-17-26-15-21(27(17)2)16-28(20-9-6-19(14-25)7-10-20)12-4-5-18-8-11-22(24)23(13-18)29-3/h6-11,13,15H,4-5,12,16H2,1-3H3. The quantitative estimate of drug-likeness (QED) is 0.481. The van der Waals surface area contributed by atoms with E-state index < -0.39 is 0 Å². The minimum atomic E-state index is 0.673. The molecule has 0 saturated heterocycles. The van der Waals surface area contributed by atoms with Crippen LogP contribution in [-0.4, -0.2) is 23.2 Å². The largest absolute Gasteiger partial charge is 0.496 e. The van der Waals surface area contributed by atoms with Crippen LogP contribution in [0.5, 0.6) is 5.75 Å². The third-order valence-corrected chi connectivity index (χ3v) is 5.80. The molecular weight excluding hydrogens is 428 g/mol. The van der Waals surface area contributed by atoms with Gasteiger partial charge in [0.05, 0.1) is 41.7 Å². The van der Waals surface area contributed by atoms with Crippen molar-refractivity contribution < 1.29 is 4.74 Å². The zero-order valence-corrected chi connectivity index (χ0v) is 18.6. The number of benzene rings is 2. The lowest BCUT2D eigenvalue weighted by atomic mass is 10.1. The first-order valence-corrected chi connectivity index (χ1v) is 10.4. The van der Waals surface area contributed by atoms with Crippen LogP contribution in [0, 0.1) is 18.3 Å². The maximum absolute atomic E-state index is 9.08. The lowest BCUT2D eigenvalue weighted by Gasteiger charge is -2.25. The molecule has 0 aliphatic rings. The maximum atomic E-state index is 9.08. The van der Waals surface area contributed by atoms with Gasteiger partial charge in [0.25, 0.3) is 0 Å². The molecule has 0 atom stereocenters. The number of hydrogen-bond acceptors (Lipinski definition) is 4. The van der Waals surface area contributed by atoms with Crippen molar-refractivity contribution in [3.63, 3.8) is 0 Å². The van der Waals surface area contributed by atoms with E-state index in [1.807, 2.05) is 50.5 Å². The van der Waals surface area contributed by atoms with Gasteiger partial charge in [0, 0.05) is 19.3 Å². The number of nitrogens with zero attached hydrogens (tertiary/aromatic N) is 4. The van der Waals surface area contributed by atoms with Crippen molar-refractivity contribution in [3.8, 4) is 11.8 Å². The first kappa shape index (κ1) is 20.9. The number of imidazole rings is 1. The molecule has 3 aromatic rings. The first-order chi connectivity index (χ1) is 14.0. The highest BCUT2D eigenvalue weighted by Crippen LogP contribution is 2.26. The summed E-state index contributed by atoms with van der Waals surface area (Å²) < 4.78 is 8.49. The van der Waals surface area contributed by atoms with Gasteiger partial charge in [-0.2, -0.15) is 5.26 Å². The smallest absolute Gasteiger partial charge is 0.133 e. The Bertz CT molecular complexity index is 1000. The van der Waals surface area contributed by atoms with Crippen LogP contribution < -0.4 is 9.64 Å². The molecule has 3 rings (SSSR count). The van der Waals surface area contributed by atoms with E-state index in [4.69, 9.17) is 10.00 Å². The van der Waals surface area contributed by atoms with E-state index in [0.717, 1.165) is 53.4 Å². The van der Waals surface area contributed by atoms with Gasteiger partial charge in [-0.25, -0.2) is 4.98 Å². The second kappa shape index (κ2) is 9.62. The Morgan fingerprint density at radius 1 is 1.21 bits per heavy atom. The molecule has 0 aliphatic heterocycles. The van der Waals surface area contributed by atoms with Gasteiger partial charge in [0.2, 0.25) is 0 Å². The lowest BCUT2D eigenvalue weighted by molar-refractivity contribution is 0.411. The third kappa shape index (κ3) is 5.18. The number of methoxy groups -OCH3 is 1. The van der Waals surface area contributed by atoms with E-state index in [1.54, 1.807) is 7.11 Å². The van der Waals surface area contributed by atoms with E-state index in [9.17, 15) is 0 Å². The Balaban J connectivity index is 1.74. The number of nitriles is 1. The van der Waals surface area contributed by atoms with Crippen LogP contribution >= 0.6 is 15.9 Å². The van der Waals surface area contributed by atoms with Crippen molar-refractivity contribution in [1.29, 1.82) is 5.26 Å². The molecule has 0 fully saturated rings. The van der Waals surface area contributed by atoms with E-state index in [-0.39, 0.29) is 0 Å². The van der Waals surface area contributed by atoms with E-state index in [2.05, 4.69) is 48.6 Å². The van der Waals surface area contributed by atoms with Gasteiger partial charge < -0.3 is 14.2 Å². The van der Waals surface area contributed by atoms with Crippen LogP contribution in [0.3, 0.4) is 0 Å². The molecule has 1 heterocycles. The summed E-state index contributed by atoms with van der Waals surface area (Å²) in [6.45, 7) is 3.68. The van der Waals surface area contributed by atoms with Crippen LogP contribution in [0.15, 0.2) is 53.1 Å². The number of halogens is 1. The average molecular weight is 453 g/mol. The molecule has 0 unspecified atom stereocenters. The molecule has 150 valence electrons. The highest BCUT2D eigenvalue weighted by Gasteiger charge is 2.12. The van der Waals surface area contributed by atoms with Crippen LogP contribution in [0.4, 0.5) is 5.69 Å². The van der Waals surface area contributed by atoms with Gasteiger partial charge in [-0.05, 0) is 77.7 Å². The van der Waals surface area contributed by atoms with Gasteiger partial charge >= 0.3 is 0 Å². The molecule has 0 amide bonds. The summed E-state index contributed by atoms with van der Waals surface area (Å²) in [5.74, 6) is 1.86. The van der Waals surface area contributed by atoms with Crippen molar-refractivity contribution in [2.45, 2.75) is 26.3 Å². The summed E-state index contributed by atoms with van der Waals surface area (Å²) in [6, 6.07) is 16.2. The molecule has 1 aromatic heterocycles. The van der Waals surface area contributed by atoms with Crippen LogP contribution in [0.1, 0.15) is 29.1 Å². The molecule has 0 spiro atoms. The predicted molar refractivity (Wildman–Crippen MR) is 119 cm³/mol. The SMILES string of the molecule is COc1cc(CCCN(Cc2cnc(C)n2C)c2ccc(C#N)cc2)ccc1Br. The van der Waals surface area contributed by atoms with Gasteiger partial charge in [-0.1, -0.05) is 6.07 Å². The van der Waals surface area contributed by atoms with Gasteiger partial charge in [0.1, 0.15) is 11.6 Å². The lowest BCUT2D eigenvalue weighted by Crippen LogP contribution is -2.25. The average Bonchev–Trinajstić information content (AvgIpc) is 3.06. The summed E-state index contributed by atoms with van der Waals surface area (Å²) >= 11 is 3.51. The topological polar surface area (TPSA) is 54.1 Å². The molecule has 0 radical (unpaired) electrons. The number of anilines is 1. The van der Waals surface area contributed by atoms with Gasteiger partial charge in [0.15, 0.2) is 0 Å². The van der Waals surface area contributed by atoms with Crippen LogP contribution in [-0.2, 0) is 20.0 Å². The molecule has 29 heavy (non-hydrogen) atoms. The second-order valence-corrected chi connectivity index (χ2v) is 7.86. The molecule has 0 N–H and O–H groups in total. The summed E-state index contributed by atoms with van der Waals surface area (Å²) in [6.07, 6.45) is 3.90. The number of aryl methyl sites for hydroxylation is 2. The fourth-order valence-electron chi connectivity index (χ4n) is 3.27. The Morgan fingerprint density at radius 3 is 2.59 bits per heavy atom. The number of rotatable bonds is 8. The van der Waals surface area contributed by atoms with Crippen LogP contribution in [0.25, 0.3) is 0 Å². The zero-order chi connectivity index (χ0) is 20.8. The van der Waals surface area contributed by atoms with Crippen molar-refractivity contribution in [1.82, 2.24) is 9.55 Å². The van der Waals surface area contributed by atoms with E-state index >= 15 is 0 Å². The molecule has 5 nitrogen and oxygen atoms in total. The summed E-state index contributed by atoms with van der Waals surface area (Å²) in [7, 11) is 3.73. The van der Waals surface area contributed by atoms with Crippen molar-refractivity contribution in [3.05, 3.63) is 75.8 Å². The van der Waals surface area contributed by atoms with Gasteiger partial charge in [-0.3, -0.25) is 0 Å². The Hall–Kier alpha value is -2.78. The minimum Gasteiger partial charge on any atom is -0.496 e. The molecule has 6 heteroatoms. The van der Waals surface area contributed by atoms with Crippen LogP contribution in [0.2, 0.25) is 0 Å². The third-order valence-electron chi connectivity index (χ3n) is 5.14. The molecule has 0 saturated carbocycles. The van der Waals surface area contributed by atoms with E-state index in [0.29, 0.717) is 5.56 Å². The normalized spacial score (nSPS) is 10.6. The molecule has 2 aromatic carbocycles. The van der Waals surface area contributed by atoms with E-state index in [1.165, 1.54) is 5.56 Å². The molecule has 0 aliphatic carbocycles. The summed E-state index contributed by atoms with van der Waals surface area (Å²) in [4.78, 5) is 6.76. The highest BCUT2D eigenvalue weighted by molar-refractivity contribution is 9.10. The molecule has 0 bridgehead atoms. The van der Waals surface area contributed by atoms with Crippen molar-refractivity contribution in [2.75, 3.05) is 18.6 Å². The monoisotopic (exact) mass is 452 g/mol. The summed E-state index contributed by atoms with van der Waals surface area (Å²) in [5.41, 5.74) is 4.20. The Kier molecular flexibility index (Phi) is 6.95. The fraction of sp³-hybridized carbons (Fsp3) is 0.304. The first-order valence-electron chi connectivity index (χ1n) is 9.56.